The minimum atomic E-state index is 0.0316. The zero-order valence-corrected chi connectivity index (χ0v) is 14.9. The summed E-state index contributed by atoms with van der Waals surface area (Å²) in [5.74, 6) is 1.40. The van der Waals surface area contributed by atoms with Crippen molar-refractivity contribution in [3.05, 3.63) is 29.7 Å². The molecule has 0 aliphatic carbocycles. The maximum atomic E-state index is 12.7. The Morgan fingerprint density at radius 1 is 1.40 bits per heavy atom. The van der Waals surface area contributed by atoms with E-state index in [4.69, 9.17) is 4.74 Å². The van der Waals surface area contributed by atoms with E-state index >= 15 is 0 Å². The molecule has 1 atom stereocenters. The minimum absolute atomic E-state index is 0.0316. The second-order valence-corrected chi connectivity index (χ2v) is 6.13. The van der Waals surface area contributed by atoms with Crippen LogP contribution in [0, 0.1) is 6.92 Å². The van der Waals surface area contributed by atoms with Gasteiger partial charge in [0.15, 0.2) is 0 Å². The maximum absolute atomic E-state index is 12.7. The predicted molar refractivity (Wildman–Crippen MR) is 93.3 cm³/mol. The molecule has 1 amide bonds. The molecule has 2 aromatic rings. The van der Waals surface area contributed by atoms with E-state index in [-0.39, 0.29) is 11.9 Å². The summed E-state index contributed by atoms with van der Waals surface area (Å²) < 4.78 is 7.25. The molecular formula is C17H24N6O2. The van der Waals surface area contributed by atoms with E-state index in [1.165, 1.54) is 0 Å². The van der Waals surface area contributed by atoms with Gasteiger partial charge in [0.2, 0.25) is 17.7 Å². The number of amides is 1. The Hall–Kier alpha value is -2.64. The topological polar surface area (TPSA) is 85.2 Å². The van der Waals surface area contributed by atoms with Crippen molar-refractivity contribution in [1.29, 1.82) is 0 Å². The summed E-state index contributed by atoms with van der Waals surface area (Å²) in [5.41, 5.74) is 1.94. The Bertz CT molecular complexity index is 730. The van der Waals surface area contributed by atoms with E-state index < -0.39 is 0 Å². The van der Waals surface area contributed by atoms with Crippen LogP contribution in [0.2, 0.25) is 0 Å². The molecule has 0 spiro atoms. The van der Waals surface area contributed by atoms with Gasteiger partial charge >= 0.3 is 0 Å². The first-order valence-corrected chi connectivity index (χ1v) is 8.49. The second-order valence-electron chi connectivity index (χ2n) is 6.13. The summed E-state index contributed by atoms with van der Waals surface area (Å²) in [5, 5.41) is 7.53. The van der Waals surface area contributed by atoms with Crippen LogP contribution in [0.25, 0.3) is 0 Å². The Morgan fingerprint density at radius 3 is 2.88 bits per heavy atom. The highest BCUT2D eigenvalue weighted by Gasteiger charge is 2.34. The zero-order valence-electron chi connectivity index (χ0n) is 14.9. The van der Waals surface area contributed by atoms with Crippen LogP contribution in [-0.2, 0) is 11.8 Å². The van der Waals surface area contributed by atoms with Gasteiger partial charge in [0.1, 0.15) is 0 Å². The molecule has 1 N–H and O–H groups in total. The normalized spacial score (nSPS) is 16.9. The molecular weight excluding hydrogens is 320 g/mol. The highest BCUT2D eigenvalue weighted by Crippen LogP contribution is 2.38. The van der Waals surface area contributed by atoms with Crippen LogP contribution in [0.5, 0.6) is 5.88 Å². The van der Waals surface area contributed by atoms with E-state index in [0.717, 1.165) is 36.5 Å². The average Bonchev–Trinajstić information content (AvgIpc) is 3.19. The van der Waals surface area contributed by atoms with Crippen LogP contribution in [0.1, 0.15) is 36.6 Å². The molecule has 2 aromatic heterocycles. The van der Waals surface area contributed by atoms with Crippen molar-refractivity contribution in [2.24, 2.45) is 7.05 Å². The van der Waals surface area contributed by atoms with Gasteiger partial charge in [0.05, 0.1) is 24.4 Å². The molecule has 1 saturated heterocycles. The summed E-state index contributed by atoms with van der Waals surface area (Å²) in [4.78, 5) is 22.9. The van der Waals surface area contributed by atoms with Crippen molar-refractivity contribution in [1.82, 2.24) is 24.6 Å². The maximum Gasteiger partial charge on any atom is 0.224 e. The molecule has 0 aromatic carbocycles. The Balaban J connectivity index is 1.66. The van der Waals surface area contributed by atoms with Crippen LogP contribution >= 0.6 is 0 Å². The van der Waals surface area contributed by atoms with Crippen molar-refractivity contribution in [3.8, 4) is 5.88 Å². The number of nitrogens with one attached hydrogen (secondary N) is 1. The molecule has 0 saturated carbocycles. The van der Waals surface area contributed by atoms with Gasteiger partial charge in [-0.15, -0.1) is 0 Å². The molecule has 1 aliphatic heterocycles. The van der Waals surface area contributed by atoms with Gasteiger partial charge in [0, 0.05) is 39.0 Å². The van der Waals surface area contributed by atoms with E-state index in [1.54, 1.807) is 30.3 Å². The van der Waals surface area contributed by atoms with Gasteiger partial charge in [-0.05, 0) is 25.8 Å². The summed E-state index contributed by atoms with van der Waals surface area (Å²) in [6.07, 6.45) is 5.67. The van der Waals surface area contributed by atoms with Crippen LogP contribution < -0.4 is 10.1 Å². The number of aryl methyl sites for hydroxylation is 2. The summed E-state index contributed by atoms with van der Waals surface area (Å²) in [6, 6.07) is 1.79. The van der Waals surface area contributed by atoms with Crippen LogP contribution in [0.4, 0.5) is 5.95 Å². The fraction of sp³-hybridized carbons (Fsp3) is 0.529. The third kappa shape index (κ3) is 3.57. The number of aromatic nitrogens is 4. The van der Waals surface area contributed by atoms with Crippen molar-refractivity contribution in [2.75, 3.05) is 25.5 Å². The third-order valence-corrected chi connectivity index (χ3v) is 4.50. The number of carbonyl (C=O) groups excluding carboxylic acids is 1. The fourth-order valence-electron chi connectivity index (χ4n) is 3.46. The van der Waals surface area contributed by atoms with Crippen molar-refractivity contribution >= 4 is 11.9 Å². The lowest BCUT2D eigenvalue weighted by Crippen LogP contribution is -2.32. The molecule has 0 unspecified atom stereocenters. The van der Waals surface area contributed by atoms with Gasteiger partial charge in [-0.1, -0.05) is 0 Å². The van der Waals surface area contributed by atoms with Gasteiger partial charge in [0.25, 0.3) is 0 Å². The van der Waals surface area contributed by atoms with Gasteiger partial charge in [-0.3, -0.25) is 4.79 Å². The highest BCUT2D eigenvalue weighted by molar-refractivity contribution is 5.77. The Labute approximate surface area is 147 Å². The largest absolute Gasteiger partial charge is 0.481 e. The molecule has 8 nitrogen and oxygen atoms in total. The number of methoxy groups -OCH3 is 1. The second kappa shape index (κ2) is 7.50. The van der Waals surface area contributed by atoms with Crippen LogP contribution in [0.3, 0.4) is 0 Å². The van der Waals surface area contributed by atoms with E-state index in [1.807, 2.05) is 18.9 Å². The van der Waals surface area contributed by atoms with E-state index in [2.05, 4.69) is 20.4 Å². The number of nitrogens with zero attached hydrogens (tertiary/aromatic N) is 5. The Morgan fingerprint density at radius 2 is 2.16 bits per heavy atom. The molecule has 0 bridgehead atoms. The summed E-state index contributed by atoms with van der Waals surface area (Å²) in [6.45, 7) is 3.24. The molecule has 134 valence electrons. The number of ether oxygens (including phenoxy) is 1. The van der Waals surface area contributed by atoms with Crippen LogP contribution in [-0.4, -0.2) is 50.8 Å². The summed E-state index contributed by atoms with van der Waals surface area (Å²) >= 11 is 0. The Kier molecular flexibility index (Phi) is 5.16. The lowest BCUT2D eigenvalue weighted by Gasteiger charge is -2.25. The molecule has 3 heterocycles. The number of likely N-dealkylation sites (tertiary alicyclic amines) is 1. The smallest absolute Gasteiger partial charge is 0.224 e. The van der Waals surface area contributed by atoms with Gasteiger partial charge in [-0.2, -0.15) is 5.10 Å². The molecule has 1 aliphatic rings. The lowest BCUT2D eigenvalue weighted by molar-refractivity contribution is -0.131. The first-order valence-electron chi connectivity index (χ1n) is 8.49. The molecule has 8 heteroatoms. The van der Waals surface area contributed by atoms with Gasteiger partial charge < -0.3 is 15.0 Å². The number of hydrogen-bond donors (Lipinski definition) is 1. The number of rotatable bonds is 6. The highest BCUT2D eigenvalue weighted by atomic mass is 16.5. The number of anilines is 1. The minimum Gasteiger partial charge on any atom is -0.481 e. The molecule has 0 radical (unpaired) electrons. The zero-order chi connectivity index (χ0) is 17.8. The van der Waals surface area contributed by atoms with Crippen LogP contribution in [0.15, 0.2) is 18.5 Å². The predicted octanol–water partition coefficient (Wildman–Crippen LogP) is 1.69. The standard InChI is InChI=1S/C17H24N6O2/c1-12-15(16(25-3)22(2)21-12)13-6-4-11-23(13)14(24)7-10-20-17-18-8-5-9-19-17/h5,8-9,13H,4,6-7,10-11H2,1-3H3,(H,18,19,20)/t13-/m1/s1. The summed E-state index contributed by atoms with van der Waals surface area (Å²) in [7, 11) is 3.51. The van der Waals surface area contributed by atoms with Crippen molar-refractivity contribution in [3.63, 3.8) is 0 Å². The average molecular weight is 344 g/mol. The molecule has 25 heavy (non-hydrogen) atoms. The first-order chi connectivity index (χ1) is 12.1. The molecule has 1 fully saturated rings. The monoisotopic (exact) mass is 344 g/mol. The number of hydrogen-bond acceptors (Lipinski definition) is 6. The van der Waals surface area contributed by atoms with Crippen molar-refractivity contribution in [2.45, 2.75) is 32.2 Å². The fourth-order valence-corrected chi connectivity index (χ4v) is 3.46. The molecule has 3 rings (SSSR count). The SMILES string of the molecule is COc1c([C@H]2CCCN2C(=O)CCNc2ncccn2)c(C)nn1C. The first kappa shape index (κ1) is 17.2. The quantitative estimate of drug-likeness (QED) is 0.858. The third-order valence-electron chi connectivity index (χ3n) is 4.50. The number of carbonyl (C=O) groups is 1. The van der Waals surface area contributed by atoms with E-state index in [0.29, 0.717) is 18.9 Å². The van der Waals surface area contributed by atoms with E-state index in [9.17, 15) is 4.79 Å². The van der Waals surface area contributed by atoms with Gasteiger partial charge in [-0.25, -0.2) is 14.6 Å². The van der Waals surface area contributed by atoms with Crippen molar-refractivity contribution < 1.29 is 9.53 Å². The lowest BCUT2D eigenvalue weighted by atomic mass is 10.0.